The number of hydrogen-bond acceptors (Lipinski definition) is 5. The van der Waals surface area contributed by atoms with Crippen LogP contribution in [0.15, 0.2) is 0 Å². The number of nitrogens with one attached hydrogen (secondary N) is 2. The highest BCUT2D eigenvalue weighted by molar-refractivity contribution is 5.87. The Kier molecular flexibility index (Phi) is 8.70. The molecule has 0 aliphatic rings. The van der Waals surface area contributed by atoms with Crippen LogP contribution in [0.4, 0.5) is 0 Å². The molecule has 2 atom stereocenters. The van der Waals surface area contributed by atoms with Gasteiger partial charge in [-0.15, -0.1) is 0 Å². The Balaban J connectivity index is 4.36. The second-order valence-electron chi connectivity index (χ2n) is 4.50. The quantitative estimate of drug-likeness (QED) is 0.315. The summed E-state index contributed by atoms with van der Waals surface area (Å²) >= 11 is 0. The molecule has 0 unspecified atom stereocenters. The third-order valence-corrected chi connectivity index (χ3v) is 2.69. The smallest absolute Gasteiger partial charge is 0.326 e. The SMILES string of the molecule is CCNC(=O)CC[C@H](NC(=O)[C@@H](N)CCC(N)=O)C(=O)O. The van der Waals surface area contributed by atoms with Crippen LogP contribution in [0.2, 0.25) is 0 Å². The van der Waals surface area contributed by atoms with E-state index in [1.807, 2.05) is 0 Å². The lowest BCUT2D eigenvalue weighted by Gasteiger charge is -2.17. The van der Waals surface area contributed by atoms with Crippen LogP contribution in [0.1, 0.15) is 32.6 Å². The molecule has 9 heteroatoms. The van der Waals surface area contributed by atoms with Crippen molar-refractivity contribution in [2.24, 2.45) is 11.5 Å². The van der Waals surface area contributed by atoms with Gasteiger partial charge >= 0.3 is 5.97 Å². The van der Waals surface area contributed by atoms with Crippen molar-refractivity contribution in [2.75, 3.05) is 6.54 Å². The van der Waals surface area contributed by atoms with Crippen LogP contribution in [-0.2, 0) is 19.2 Å². The maximum Gasteiger partial charge on any atom is 0.326 e. The molecule has 7 N–H and O–H groups in total. The maximum absolute atomic E-state index is 11.7. The van der Waals surface area contributed by atoms with E-state index in [2.05, 4.69) is 10.6 Å². The summed E-state index contributed by atoms with van der Waals surface area (Å²) in [6.45, 7) is 2.19. The molecule has 0 rings (SSSR count). The third-order valence-electron chi connectivity index (χ3n) is 2.69. The van der Waals surface area contributed by atoms with Gasteiger partial charge in [-0.05, 0) is 19.8 Å². The van der Waals surface area contributed by atoms with Crippen LogP contribution in [-0.4, -0.2) is 47.4 Å². The molecule has 3 amide bonds. The number of carbonyl (C=O) groups excluding carboxylic acids is 3. The largest absolute Gasteiger partial charge is 0.480 e. The number of carboxylic acid groups (broad SMARTS) is 1. The predicted molar refractivity (Wildman–Crippen MR) is 73.9 cm³/mol. The second kappa shape index (κ2) is 9.70. The Morgan fingerprint density at radius 1 is 1.14 bits per heavy atom. The zero-order valence-electron chi connectivity index (χ0n) is 11.9. The van der Waals surface area contributed by atoms with E-state index in [0.717, 1.165) is 0 Å². The average molecular weight is 302 g/mol. The Morgan fingerprint density at radius 3 is 2.24 bits per heavy atom. The zero-order valence-corrected chi connectivity index (χ0v) is 11.9. The van der Waals surface area contributed by atoms with Gasteiger partial charge in [0, 0.05) is 19.4 Å². The number of aliphatic carboxylic acids is 1. The summed E-state index contributed by atoms with van der Waals surface area (Å²) in [6, 6.07) is -2.23. The van der Waals surface area contributed by atoms with Gasteiger partial charge in [-0.25, -0.2) is 4.79 Å². The highest BCUT2D eigenvalue weighted by Crippen LogP contribution is 2.01. The van der Waals surface area contributed by atoms with E-state index < -0.39 is 29.9 Å². The van der Waals surface area contributed by atoms with Gasteiger partial charge < -0.3 is 27.2 Å². The molecule has 0 radical (unpaired) electrons. The minimum absolute atomic E-state index is 0.0262. The number of rotatable bonds is 10. The van der Waals surface area contributed by atoms with Crippen molar-refractivity contribution < 1.29 is 24.3 Å². The summed E-state index contributed by atoms with van der Waals surface area (Å²) in [6.07, 6.45) is -0.105. The lowest BCUT2D eigenvalue weighted by molar-refractivity contribution is -0.142. The lowest BCUT2D eigenvalue weighted by Crippen LogP contribution is -2.49. The molecule has 21 heavy (non-hydrogen) atoms. The van der Waals surface area contributed by atoms with Gasteiger partial charge in [-0.2, -0.15) is 0 Å². The van der Waals surface area contributed by atoms with E-state index in [4.69, 9.17) is 16.6 Å². The molecular weight excluding hydrogens is 280 g/mol. The molecule has 0 aliphatic carbocycles. The zero-order chi connectivity index (χ0) is 16.4. The molecule has 0 saturated carbocycles. The van der Waals surface area contributed by atoms with Crippen LogP contribution >= 0.6 is 0 Å². The van der Waals surface area contributed by atoms with Crippen molar-refractivity contribution in [3.63, 3.8) is 0 Å². The van der Waals surface area contributed by atoms with Crippen LogP contribution in [0, 0.1) is 0 Å². The van der Waals surface area contributed by atoms with Gasteiger partial charge in [0.25, 0.3) is 0 Å². The van der Waals surface area contributed by atoms with Crippen LogP contribution in [0.3, 0.4) is 0 Å². The van der Waals surface area contributed by atoms with E-state index in [1.165, 1.54) is 0 Å². The minimum atomic E-state index is -1.25. The molecule has 0 heterocycles. The summed E-state index contributed by atoms with van der Waals surface area (Å²) in [5.41, 5.74) is 10.5. The Bertz CT molecular complexity index is 399. The Hall–Kier alpha value is -2.16. The number of hydrogen-bond donors (Lipinski definition) is 5. The first-order chi connectivity index (χ1) is 9.77. The molecule has 0 fully saturated rings. The first kappa shape index (κ1) is 18.8. The summed E-state index contributed by atoms with van der Waals surface area (Å²) in [4.78, 5) is 44.6. The molecule has 0 aromatic heterocycles. The summed E-state index contributed by atoms with van der Waals surface area (Å²) < 4.78 is 0. The maximum atomic E-state index is 11.7. The normalized spacial score (nSPS) is 13.0. The average Bonchev–Trinajstić information content (AvgIpc) is 2.40. The number of nitrogens with two attached hydrogens (primary N) is 2. The van der Waals surface area contributed by atoms with Crippen molar-refractivity contribution >= 4 is 23.7 Å². The van der Waals surface area contributed by atoms with Crippen LogP contribution < -0.4 is 22.1 Å². The molecule has 0 saturated heterocycles. The van der Waals surface area contributed by atoms with E-state index in [0.29, 0.717) is 6.54 Å². The molecule has 0 aromatic rings. The molecule has 0 spiro atoms. The fourth-order valence-corrected chi connectivity index (χ4v) is 1.53. The fraction of sp³-hybridized carbons (Fsp3) is 0.667. The molecule has 120 valence electrons. The number of primary amides is 1. The van der Waals surface area contributed by atoms with E-state index >= 15 is 0 Å². The Labute approximate surface area is 122 Å². The van der Waals surface area contributed by atoms with Gasteiger partial charge in [0.15, 0.2) is 0 Å². The van der Waals surface area contributed by atoms with Crippen molar-refractivity contribution in [2.45, 2.75) is 44.7 Å². The van der Waals surface area contributed by atoms with Gasteiger partial charge in [0.05, 0.1) is 6.04 Å². The summed E-state index contributed by atoms with van der Waals surface area (Å²) in [7, 11) is 0. The van der Waals surface area contributed by atoms with Crippen LogP contribution in [0.5, 0.6) is 0 Å². The topological polar surface area (TPSA) is 165 Å². The van der Waals surface area contributed by atoms with Crippen molar-refractivity contribution in [3.8, 4) is 0 Å². The molecular formula is C12H22N4O5. The van der Waals surface area contributed by atoms with E-state index in [9.17, 15) is 19.2 Å². The first-order valence-corrected chi connectivity index (χ1v) is 6.61. The standard InChI is InChI=1S/C12H22N4O5/c1-2-15-10(18)6-4-8(12(20)21)16-11(19)7(13)3-5-9(14)17/h7-8H,2-6,13H2,1H3,(H2,14,17)(H,15,18)(H,16,19)(H,20,21)/t7-,8-/m0/s1. The van der Waals surface area contributed by atoms with Crippen molar-refractivity contribution in [3.05, 3.63) is 0 Å². The van der Waals surface area contributed by atoms with Gasteiger partial charge in [-0.3, -0.25) is 14.4 Å². The summed E-state index contributed by atoms with van der Waals surface area (Å²) in [5, 5.41) is 13.8. The Morgan fingerprint density at radius 2 is 1.76 bits per heavy atom. The van der Waals surface area contributed by atoms with Crippen LogP contribution in [0.25, 0.3) is 0 Å². The van der Waals surface area contributed by atoms with E-state index in [1.54, 1.807) is 6.92 Å². The lowest BCUT2D eigenvalue weighted by atomic mass is 10.1. The molecule has 9 nitrogen and oxygen atoms in total. The molecule has 0 aliphatic heterocycles. The number of carboxylic acids is 1. The number of amides is 3. The predicted octanol–water partition coefficient (Wildman–Crippen LogP) is -1.94. The second-order valence-corrected chi connectivity index (χ2v) is 4.50. The molecule has 0 bridgehead atoms. The first-order valence-electron chi connectivity index (χ1n) is 6.61. The number of carbonyl (C=O) groups is 4. The highest BCUT2D eigenvalue weighted by Gasteiger charge is 2.24. The summed E-state index contributed by atoms with van der Waals surface area (Å²) in [5.74, 6) is -2.84. The highest BCUT2D eigenvalue weighted by atomic mass is 16.4. The third kappa shape index (κ3) is 8.58. The van der Waals surface area contributed by atoms with Crippen molar-refractivity contribution in [1.82, 2.24) is 10.6 Å². The minimum Gasteiger partial charge on any atom is -0.480 e. The van der Waals surface area contributed by atoms with Gasteiger partial charge in [0.1, 0.15) is 6.04 Å². The monoisotopic (exact) mass is 302 g/mol. The fourth-order valence-electron chi connectivity index (χ4n) is 1.53. The van der Waals surface area contributed by atoms with Gasteiger partial charge in [0.2, 0.25) is 17.7 Å². The van der Waals surface area contributed by atoms with E-state index in [-0.39, 0.29) is 31.6 Å². The molecule has 0 aromatic carbocycles. The van der Waals surface area contributed by atoms with Gasteiger partial charge in [-0.1, -0.05) is 0 Å². The van der Waals surface area contributed by atoms with Crippen molar-refractivity contribution in [1.29, 1.82) is 0 Å².